The molecule has 1 N–H and O–H groups in total. The van der Waals surface area contributed by atoms with Gasteiger partial charge < -0.3 is 9.47 Å². The second kappa shape index (κ2) is 8.56. The molecule has 0 aliphatic heterocycles. The van der Waals surface area contributed by atoms with Crippen molar-refractivity contribution in [1.29, 1.82) is 0 Å². The molecule has 0 saturated carbocycles. The fourth-order valence-electron chi connectivity index (χ4n) is 2.64. The maximum Gasteiger partial charge on any atom is 0.277 e. The largest absolute Gasteiger partial charge is 0.496 e. The lowest BCUT2D eigenvalue weighted by atomic mass is 10.0. The van der Waals surface area contributed by atoms with Crippen LogP contribution >= 0.6 is 11.6 Å². The Morgan fingerprint density at radius 1 is 1.19 bits per heavy atom. The molecule has 5 nitrogen and oxygen atoms in total. The molecule has 0 heterocycles. The van der Waals surface area contributed by atoms with E-state index in [9.17, 15) is 4.79 Å². The molecule has 0 saturated heterocycles. The minimum atomic E-state index is -0.363. The van der Waals surface area contributed by atoms with Crippen LogP contribution in [0.5, 0.6) is 11.5 Å². The van der Waals surface area contributed by atoms with Gasteiger partial charge in [0.15, 0.2) is 6.61 Å². The van der Waals surface area contributed by atoms with Crippen molar-refractivity contribution in [2.75, 3.05) is 13.7 Å². The molecule has 0 bridgehead atoms. The molecule has 6 heteroatoms. The summed E-state index contributed by atoms with van der Waals surface area (Å²) in [6, 6.07) is 17.0. The number of hydrogen-bond acceptors (Lipinski definition) is 4. The van der Waals surface area contributed by atoms with Gasteiger partial charge in [0.05, 0.1) is 13.3 Å². The molecular weight excluding hydrogens is 364 g/mol. The summed E-state index contributed by atoms with van der Waals surface area (Å²) in [5.41, 5.74) is 4.15. The molecule has 3 aromatic carbocycles. The van der Waals surface area contributed by atoms with Crippen molar-refractivity contribution in [3.8, 4) is 11.5 Å². The van der Waals surface area contributed by atoms with Crippen LogP contribution in [0, 0.1) is 6.92 Å². The number of hydrogen-bond donors (Lipinski definition) is 1. The average Bonchev–Trinajstić information content (AvgIpc) is 2.69. The number of methoxy groups -OCH3 is 1. The number of benzene rings is 3. The Morgan fingerprint density at radius 3 is 2.78 bits per heavy atom. The number of carbonyl (C=O) groups excluding carboxylic acids is 1. The number of rotatable bonds is 6. The highest BCUT2D eigenvalue weighted by Gasteiger charge is 2.07. The fourth-order valence-corrected chi connectivity index (χ4v) is 2.76. The number of ether oxygens (including phenoxy) is 2. The minimum Gasteiger partial charge on any atom is -0.496 e. The Labute approximate surface area is 162 Å². The van der Waals surface area contributed by atoms with Crippen LogP contribution in [0.25, 0.3) is 10.8 Å². The number of fused-ring (bicyclic) bond motifs is 1. The first-order valence-electron chi connectivity index (χ1n) is 8.35. The van der Waals surface area contributed by atoms with Gasteiger partial charge in [0.1, 0.15) is 11.5 Å². The summed E-state index contributed by atoms with van der Waals surface area (Å²) in [6.07, 6.45) is 1.57. The Hall–Kier alpha value is -3.05. The SMILES string of the molecule is COc1ccc2ccccc2c1/C=N\NC(=O)COc1ccc(Cl)c(C)c1. The molecule has 0 aliphatic carbocycles. The van der Waals surface area contributed by atoms with E-state index in [1.807, 2.05) is 43.3 Å². The van der Waals surface area contributed by atoms with E-state index in [-0.39, 0.29) is 12.5 Å². The number of carbonyl (C=O) groups is 1. The lowest BCUT2D eigenvalue weighted by molar-refractivity contribution is -0.123. The number of halogens is 1. The van der Waals surface area contributed by atoms with E-state index in [1.54, 1.807) is 31.5 Å². The van der Waals surface area contributed by atoms with Crippen molar-refractivity contribution < 1.29 is 14.3 Å². The van der Waals surface area contributed by atoms with Gasteiger partial charge in [-0.1, -0.05) is 41.9 Å². The topological polar surface area (TPSA) is 59.9 Å². The molecule has 0 spiro atoms. The van der Waals surface area contributed by atoms with Gasteiger partial charge >= 0.3 is 0 Å². The van der Waals surface area contributed by atoms with E-state index in [0.717, 1.165) is 21.9 Å². The van der Waals surface area contributed by atoms with Crippen LogP contribution in [0.2, 0.25) is 5.02 Å². The number of aryl methyl sites for hydroxylation is 1. The third kappa shape index (κ3) is 4.57. The molecule has 3 aromatic rings. The van der Waals surface area contributed by atoms with Crippen molar-refractivity contribution in [2.45, 2.75) is 6.92 Å². The molecule has 0 radical (unpaired) electrons. The van der Waals surface area contributed by atoms with Crippen molar-refractivity contribution in [3.63, 3.8) is 0 Å². The highest BCUT2D eigenvalue weighted by molar-refractivity contribution is 6.31. The first kappa shape index (κ1) is 18.7. The molecule has 0 fully saturated rings. The van der Waals surface area contributed by atoms with Gasteiger partial charge in [-0.3, -0.25) is 4.79 Å². The summed E-state index contributed by atoms with van der Waals surface area (Å²) in [6.45, 7) is 1.72. The van der Waals surface area contributed by atoms with Gasteiger partial charge in [-0.15, -0.1) is 0 Å². The summed E-state index contributed by atoms with van der Waals surface area (Å²) in [5.74, 6) is 0.893. The monoisotopic (exact) mass is 382 g/mol. The van der Waals surface area contributed by atoms with E-state index in [4.69, 9.17) is 21.1 Å². The van der Waals surface area contributed by atoms with Crippen molar-refractivity contribution in [1.82, 2.24) is 5.43 Å². The zero-order chi connectivity index (χ0) is 19.2. The van der Waals surface area contributed by atoms with Crippen molar-refractivity contribution in [2.24, 2.45) is 5.10 Å². The molecular formula is C21H19ClN2O3. The third-order valence-corrected chi connectivity index (χ3v) is 4.46. The van der Waals surface area contributed by atoms with Crippen LogP contribution in [0.15, 0.2) is 59.7 Å². The van der Waals surface area contributed by atoms with Gasteiger partial charge in [0.2, 0.25) is 0 Å². The molecule has 0 aliphatic rings. The first-order chi connectivity index (χ1) is 13.1. The number of hydrazone groups is 1. The predicted octanol–water partition coefficient (Wildman–Crippen LogP) is 4.34. The molecule has 0 aromatic heterocycles. The quantitative estimate of drug-likeness (QED) is 0.509. The van der Waals surface area contributed by atoms with Gasteiger partial charge in [-0.05, 0) is 47.5 Å². The second-order valence-electron chi connectivity index (χ2n) is 5.90. The lowest BCUT2D eigenvalue weighted by Gasteiger charge is -2.09. The molecule has 138 valence electrons. The van der Waals surface area contributed by atoms with Crippen molar-refractivity contribution >= 4 is 34.5 Å². The number of nitrogens with zero attached hydrogens (tertiary/aromatic N) is 1. The fraction of sp³-hybridized carbons (Fsp3) is 0.143. The summed E-state index contributed by atoms with van der Waals surface area (Å²) >= 11 is 5.97. The predicted molar refractivity (Wildman–Crippen MR) is 108 cm³/mol. The van der Waals surface area contributed by atoms with E-state index in [1.165, 1.54) is 0 Å². The minimum absolute atomic E-state index is 0.148. The van der Waals surface area contributed by atoms with Gasteiger partial charge in [-0.25, -0.2) is 5.43 Å². The van der Waals surface area contributed by atoms with E-state index < -0.39 is 0 Å². The summed E-state index contributed by atoms with van der Waals surface area (Å²) < 4.78 is 10.8. The Morgan fingerprint density at radius 2 is 2.00 bits per heavy atom. The highest BCUT2D eigenvalue weighted by Crippen LogP contribution is 2.26. The Balaban J connectivity index is 1.65. The third-order valence-electron chi connectivity index (χ3n) is 4.03. The van der Waals surface area contributed by atoms with E-state index >= 15 is 0 Å². The zero-order valence-electron chi connectivity index (χ0n) is 15.0. The molecule has 0 atom stereocenters. The number of nitrogens with one attached hydrogen (secondary N) is 1. The first-order valence-corrected chi connectivity index (χ1v) is 8.73. The molecule has 1 amide bonds. The van der Waals surface area contributed by atoms with Crippen LogP contribution in [0.1, 0.15) is 11.1 Å². The summed E-state index contributed by atoms with van der Waals surface area (Å²) in [7, 11) is 1.60. The van der Waals surface area contributed by atoms with E-state index in [2.05, 4.69) is 10.5 Å². The molecule has 0 unspecified atom stereocenters. The highest BCUT2D eigenvalue weighted by atomic mass is 35.5. The zero-order valence-corrected chi connectivity index (χ0v) is 15.8. The maximum absolute atomic E-state index is 12.0. The lowest BCUT2D eigenvalue weighted by Crippen LogP contribution is -2.24. The Bertz CT molecular complexity index is 1000. The Kier molecular flexibility index (Phi) is 5.94. The maximum atomic E-state index is 12.0. The van der Waals surface area contributed by atoms with Gasteiger partial charge in [0.25, 0.3) is 5.91 Å². The normalized spacial score (nSPS) is 10.9. The van der Waals surface area contributed by atoms with Crippen molar-refractivity contribution in [3.05, 3.63) is 70.7 Å². The van der Waals surface area contributed by atoms with Crippen LogP contribution in [0.3, 0.4) is 0 Å². The second-order valence-corrected chi connectivity index (χ2v) is 6.30. The van der Waals surface area contributed by atoms with E-state index in [0.29, 0.717) is 16.5 Å². The smallest absolute Gasteiger partial charge is 0.277 e. The average molecular weight is 383 g/mol. The van der Waals surface area contributed by atoms with Crippen LogP contribution in [-0.4, -0.2) is 25.8 Å². The van der Waals surface area contributed by atoms with Crippen LogP contribution in [0.4, 0.5) is 0 Å². The van der Waals surface area contributed by atoms with Gasteiger partial charge in [0, 0.05) is 10.6 Å². The van der Waals surface area contributed by atoms with Crippen LogP contribution in [-0.2, 0) is 4.79 Å². The molecule has 3 rings (SSSR count). The summed E-state index contributed by atoms with van der Waals surface area (Å²) in [5, 5.41) is 6.74. The molecule has 27 heavy (non-hydrogen) atoms. The van der Waals surface area contributed by atoms with Gasteiger partial charge in [-0.2, -0.15) is 5.10 Å². The standard InChI is InChI=1S/C21H19ClN2O3/c1-14-11-16(8-9-19(14)22)27-13-21(25)24-23-12-18-17-6-4-3-5-15(17)7-10-20(18)26-2/h3-12H,13H2,1-2H3,(H,24,25)/b23-12-. The number of amides is 1. The van der Waals surface area contributed by atoms with Crippen LogP contribution < -0.4 is 14.9 Å². The summed E-state index contributed by atoms with van der Waals surface area (Å²) in [4.78, 5) is 12.0.